The lowest BCUT2D eigenvalue weighted by atomic mass is 10.0. The molecule has 122 valence electrons. The minimum absolute atomic E-state index is 0.0778. The third kappa shape index (κ3) is 5.34. The SMILES string of the molecule is CC[C@H](NCC(=O)Nc1cc(Cl)ccc1C)c1ccc(Br)cc1. The van der Waals surface area contributed by atoms with Gasteiger partial charge in [0.2, 0.25) is 5.91 Å². The van der Waals surface area contributed by atoms with Gasteiger partial charge in [-0.1, -0.05) is 52.7 Å². The molecular weight excluding hydrogens is 376 g/mol. The summed E-state index contributed by atoms with van der Waals surface area (Å²) in [6.07, 6.45) is 0.908. The summed E-state index contributed by atoms with van der Waals surface area (Å²) in [7, 11) is 0. The molecule has 2 aromatic carbocycles. The quantitative estimate of drug-likeness (QED) is 0.715. The highest BCUT2D eigenvalue weighted by molar-refractivity contribution is 9.10. The van der Waals surface area contributed by atoms with Gasteiger partial charge in [-0.15, -0.1) is 0 Å². The Balaban J connectivity index is 1.94. The minimum Gasteiger partial charge on any atom is -0.325 e. The highest BCUT2D eigenvalue weighted by atomic mass is 79.9. The monoisotopic (exact) mass is 394 g/mol. The second-order valence-corrected chi connectivity index (χ2v) is 6.75. The van der Waals surface area contributed by atoms with E-state index in [9.17, 15) is 4.79 Å². The summed E-state index contributed by atoms with van der Waals surface area (Å²) in [4.78, 5) is 12.2. The molecular formula is C18H20BrClN2O. The number of benzene rings is 2. The number of amides is 1. The van der Waals surface area contributed by atoms with E-state index in [2.05, 4.69) is 45.6 Å². The van der Waals surface area contributed by atoms with Crippen LogP contribution in [-0.4, -0.2) is 12.5 Å². The zero-order valence-corrected chi connectivity index (χ0v) is 15.5. The van der Waals surface area contributed by atoms with Crippen molar-refractivity contribution in [2.75, 3.05) is 11.9 Å². The topological polar surface area (TPSA) is 41.1 Å². The van der Waals surface area contributed by atoms with Crippen molar-refractivity contribution < 1.29 is 4.79 Å². The van der Waals surface area contributed by atoms with E-state index < -0.39 is 0 Å². The summed E-state index contributed by atoms with van der Waals surface area (Å²) in [5.74, 6) is -0.0778. The number of halogens is 2. The third-order valence-electron chi connectivity index (χ3n) is 3.66. The number of carbonyl (C=O) groups is 1. The highest BCUT2D eigenvalue weighted by Gasteiger charge is 2.11. The zero-order chi connectivity index (χ0) is 16.8. The lowest BCUT2D eigenvalue weighted by Crippen LogP contribution is -2.31. The number of rotatable bonds is 6. The molecule has 0 aromatic heterocycles. The van der Waals surface area contributed by atoms with Gasteiger partial charge in [0.25, 0.3) is 0 Å². The van der Waals surface area contributed by atoms with E-state index in [0.717, 1.165) is 22.1 Å². The van der Waals surface area contributed by atoms with Crippen molar-refractivity contribution in [1.29, 1.82) is 0 Å². The standard InChI is InChI=1S/C18H20BrClN2O/c1-3-16(13-5-7-14(19)8-6-13)21-11-18(23)22-17-10-15(20)9-4-12(17)2/h4-10,16,21H,3,11H2,1-2H3,(H,22,23)/t16-/m0/s1. The van der Waals surface area contributed by atoms with Crippen LogP contribution in [0.5, 0.6) is 0 Å². The Morgan fingerprint density at radius 2 is 1.91 bits per heavy atom. The van der Waals surface area contributed by atoms with Gasteiger partial charge in [0.15, 0.2) is 0 Å². The van der Waals surface area contributed by atoms with E-state index in [4.69, 9.17) is 11.6 Å². The molecule has 0 aliphatic rings. The van der Waals surface area contributed by atoms with Crippen molar-refractivity contribution in [3.63, 3.8) is 0 Å². The molecule has 0 aliphatic carbocycles. The van der Waals surface area contributed by atoms with E-state index in [1.54, 1.807) is 6.07 Å². The number of hydrogen-bond acceptors (Lipinski definition) is 2. The van der Waals surface area contributed by atoms with Crippen LogP contribution in [0.1, 0.15) is 30.5 Å². The second kappa shape index (κ2) is 8.48. The van der Waals surface area contributed by atoms with Crippen molar-refractivity contribution in [2.24, 2.45) is 0 Å². The van der Waals surface area contributed by atoms with Gasteiger partial charge in [0.1, 0.15) is 0 Å². The van der Waals surface area contributed by atoms with Crippen LogP contribution in [-0.2, 0) is 4.79 Å². The Morgan fingerprint density at radius 3 is 2.57 bits per heavy atom. The lowest BCUT2D eigenvalue weighted by Gasteiger charge is -2.17. The molecule has 0 aliphatic heterocycles. The minimum atomic E-state index is -0.0778. The van der Waals surface area contributed by atoms with Gasteiger partial charge < -0.3 is 10.6 Å². The molecule has 2 rings (SSSR count). The predicted molar refractivity (Wildman–Crippen MR) is 100.0 cm³/mol. The second-order valence-electron chi connectivity index (χ2n) is 5.40. The molecule has 0 saturated heterocycles. The fourth-order valence-corrected chi connectivity index (χ4v) is 2.77. The summed E-state index contributed by atoms with van der Waals surface area (Å²) < 4.78 is 1.05. The number of hydrogen-bond donors (Lipinski definition) is 2. The summed E-state index contributed by atoms with van der Waals surface area (Å²) in [5, 5.41) is 6.81. The molecule has 2 aromatic rings. The average Bonchev–Trinajstić information content (AvgIpc) is 2.53. The van der Waals surface area contributed by atoms with Crippen LogP contribution >= 0.6 is 27.5 Å². The predicted octanol–water partition coefficient (Wildman–Crippen LogP) is 5.09. The number of anilines is 1. The molecule has 1 amide bonds. The van der Waals surface area contributed by atoms with Gasteiger partial charge in [-0.3, -0.25) is 4.79 Å². The van der Waals surface area contributed by atoms with Crippen molar-refractivity contribution >= 4 is 39.1 Å². The van der Waals surface area contributed by atoms with Crippen LogP contribution in [0.2, 0.25) is 5.02 Å². The van der Waals surface area contributed by atoms with Gasteiger partial charge in [0.05, 0.1) is 6.54 Å². The molecule has 0 fully saturated rings. The van der Waals surface area contributed by atoms with Crippen LogP contribution in [0.25, 0.3) is 0 Å². The molecule has 23 heavy (non-hydrogen) atoms. The van der Waals surface area contributed by atoms with E-state index in [0.29, 0.717) is 5.02 Å². The molecule has 0 saturated carbocycles. The molecule has 0 spiro atoms. The lowest BCUT2D eigenvalue weighted by molar-refractivity contribution is -0.115. The normalized spacial score (nSPS) is 12.0. The summed E-state index contributed by atoms with van der Waals surface area (Å²) in [6, 6.07) is 13.8. The third-order valence-corrected chi connectivity index (χ3v) is 4.43. The van der Waals surface area contributed by atoms with Gasteiger partial charge in [-0.05, 0) is 48.7 Å². The van der Waals surface area contributed by atoms with Crippen molar-refractivity contribution in [1.82, 2.24) is 5.32 Å². The Labute approximate surface area is 150 Å². The van der Waals surface area contributed by atoms with Crippen LogP contribution in [0, 0.1) is 6.92 Å². The zero-order valence-electron chi connectivity index (χ0n) is 13.2. The summed E-state index contributed by atoms with van der Waals surface area (Å²) in [5.41, 5.74) is 2.91. The average molecular weight is 396 g/mol. The maximum absolute atomic E-state index is 12.2. The Bertz CT molecular complexity index is 673. The first-order chi connectivity index (χ1) is 11.0. The summed E-state index contributed by atoms with van der Waals surface area (Å²) >= 11 is 9.41. The van der Waals surface area contributed by atoms with E-state index >= 15 is 0 Å². The molecule has 0 unspecified atom stereocenters. The first kappa shape index (κ1) is 18.0. The Hall–Kier alpha value is -1.36. The van der Waals surface area contributed by atoms with Crippen molar-refractivity contribution in [3.8, 4) is 0 Å². The number of carbonyl (C=O) groups excluding carboxylic acids is 1. The molecule has 2 N–H and O–H groups in total. The van der Waals surface area contributed by atoms with E-state index in [-0.39, 0.29) is 18.5 Å². The molecule has 1 atom stereocenters. The van der Waals surface area contributed by atoms with E-state index in [1.165, 1.54) is 5.56 Å². The van der Waals surface area contributed by atoms with Gasteiger partial charge in [-0.25, -0.2) is 0 Å². The fraction of sp³-hybridized carbons (Fsp3) is 0.278. The number of aryl methyl sites for hydroxylation is 1. The number of nitrogens with one attached hydrogen (secondary N) is 2. The smallest absolute Gasteiger partial charge is 0.238 e. The van der Waals surface area contributed by atoms with Crippen molar-refractivity contribution in [3.05, 3.63) is 63.1 Å². The molecule has 5 heteroatoms. The van der Waals surface area contributed by atoms with E-state index in [1.807, 2.05) is 31.2 Å². The van der Waals surface area contributed by atoms with Gasteiger partial charge >= 0.3 is 0 Å². The molecule has 0 heterocycles. The fourth-order valence-electron chi connectivity index (χ4n) is 2.33. The van der Waals surface area contributed by atoms with Gasteiger partial charge in [0, 0.05) is 21.2 Å². The first-order valence-corrected chi connectivity index (χ1v) is 8.71. The maximum atomic E-state index is 12.2. The van der Waals surface area contributed by atoms with Crippen molar-refractivity contribution in [2.45, 2.75) is 26.3 Å². The first-order valence-electron chi connectivity index (χ1n) is 7.54. The molecule has 0 radical (unpaired) electrons. The van der Waals surface area contributed by atoms with Gasteiger partial charge in [-0.2, -0.15) is 0 Å². The Kier molecular flexibility index (Phi) is 6.63. The molecule has 3 nitrogen and oxygen atoms in total. The maximum Gasteiger partial charge on any atom is 0.238 e. The van der Waals surface area contributed by atoms with Crippen LogP contribution in [0.4, 0.5) is 5.69 Å². The van der Waals surface area contributed by atoms with Crippen LogP contribution < -0.4 is 10.6 Å². The van der Waals surface area contributed by atoms with Crippen LogP contribution in [0.3, 0.4) is 0 Å². The molecule has 0 bridgehead atoms. The largest absolute Gasteiger partial charge is 0.325 e. The van der Waals surface area contributed by atoms with Crippen LogP contribution in [0.15, 0.2) is 46.9 Å². The highest BCUT2D eigenvalue weighted by Crippen LogP contribution is 2.21. The summed E-state index contributed by atoms with van der Waals surface area (Å²) in [6.45, 7) is 4.29. The Morgan fingerprint density at radius 1 is 1.22 bits per heavy atom.